The first-order valence-corrected chi connectivity index (χ1v) is 10.8. The van der Waals surface area contributed by atoms with Gasteiger partial charge in [0.05, 0.1) is 13.1 Å². The number of nitrogens with one attached hydrogen (secondary N) is 2. The van der Waals surface area contributed by atoms with Crippen LogP contribution in [0.5, 0.6) is 0 Å². The highest BCUT2D eigenvalue weighted by Gasteiger charge is 2.20. The highest BCUT2D eigenvalue weighted by molar-refractivity contribution is 7.99. The number of benzene rings is 2. The Labute approximate surface area is 175 Å². The molecule has 0 saturated heterocycles. The van der Waals surface area contributed by atoms with E-state index in [2.05, 4.69) is 76.2 Å². The van der Waals surface area contributed by atoms with Crippen molar-refractivity contribution >= 4 is 17.7 Å². The molecule has 1 aromatic heterocycles. The first kappa shape index (κ1) is 19.5. The van der Waals surface area contributed by atoms with Crippen LogP contribution in [0.25, 0.3) is 0 Å². The fraction of sp³-hybridized carbons (Fsp3) is 0.318. The van der Waals surface area contributed by atoms with E-state index >= 15 is 0 Å². The van der Waals surface area contributed by atoms with Gasteiger partial charge < -0.3 is 10.6 Å². The molecule has 2 N–H and O–H groups in total. The number of aryl methyl sites for hydroxylation is 1. The minimum atomic E-state index is 0.312. The third-order valence-electron chi connectivity index (χ3n) is 4.81. The van der Waals surface area contributed by atoms with E-state index in [1.807, 2.05) is 10.7 Å². The molecule has 1 unspecified atom stereocenters. The molecule has 0 fully saturated rings. The lowest BCUT2D eigenvalue weighted by Crippen LogP contribution is -2.47. The molecule has 2 heterocycles. The predicted octanol–water partition coefficient (Wildman–Crippen LogP) is 3.50. The van der Waals surface area contributed by atoms with E-state index in [-0.39, 0.29) is 0 Å². The van der Waals surface area contributed by atoms with Gasteiger partial charge in [0.15, 0.2) is 5.96 Å². The number of aliphatic imine (C=N–C) groups is 1. The molecule has 2 aromatic carbocycles. The molecule has 4 rings (SSSR count). The van der Waals surface area contributed by atoms with Crippen molar-refractivity contribution in [2.75, 3.05) is 6.54 Å². The van der Waals surface area contributed by atoms with E-state index < -0.39 is 0 Å². The lowest BCUT2D eigenvalue weighted by atomic mass is 10.1. The van der Waals surface area contributed by atoms with E-state index in [0.29, 0.717) is 12.6 Å². The van der Waals surface area contributed by atoms with Crippen LogP contribution < -0.4 is 10.6 Å². The van der Waals surface area contributed by atoms with Gasteiger partial charge in [-0.15, -0.1) is 0 Å². The summed E-state index contributed by atoms with van der Waals surface area (Å²) in [7, 11) is 0. The topological polar surface area (TPSA) is 67.1 Å². The van der Waals surface area contributed by atoms with Crippen LogP contribution in [0.1, 0.15) is 24.7 Å². The summed E-state index contributed by atoms with van der Waals surface area (Å²) in [5.41, 5.74) is 1.20. The maximum absolute atomic E-state index is 4.78. The average Bonchev–Trinajstić information content (AvgIpc) is 3.22. The van der Waals surface area contributed by atoms with Gasteiger partial charge in [-0.3, -0.25) is 0 Å². The molecular weight excluding hydrogens is 380 g/mol. The quantitative estimate of drug-likeness (QED) is 0.484. The first-order chi connectivity index (χ1) is 14.3. The summed E-state index contributed by atoms with van der Waals surface area (Å²) >= 11 is 1.77. The van der Waals surface area contributed by atoms with Crippen molar-refractivity contribution in [3.05, 3.63) is 72.3 Å². The van der Waals surface area contributed by atoms with Gasteiger partial charge in [0.1, 0.15) is 12.2 Å². The normalized spacial score (nSPS) is 16.3. The number of aromatic nitrogens is 3. The summed E-state index contributed by atoms with van der Waals surface area (Å²) in [6, 6.07) is 19.4. The number of guanidine groups is 1. The highest BCUT2D eigenvalue weighted by atomic mass is 32.2. The maximum atomic E-state index is 4.78. The van der Waals surface area contributed by atoms with Crippen LogP contribution in [0.4, 0.5) is 0 Å². The molecule has 0 radical (unpaired) electrons. The van der Waals surface area contributed by atoms with Crippen molar-refractivity contribution in [1.82, 2.24) is 25.4 Å². The van der Waals surface area contributed by atoms with Crippen LogP contribution in [0.15, 0.2) is 75.7 Å². The molecule has 29 heavy (non-hydrogen) atoms. The van der Waals surface area contributed by atoms with Crippen LogP contribution in [-0.2, 0) is 19.5 Å². The second-order valence-electron chi connectivity index (χ2n) is 6.99. The van der Waals surface area contributed by atoms with E-state index in [4.69, 9.17) is 4.99 Å². The minimum absolute atomic E-state index is 0.312. The van der Waals surface area contributed by atoms with E-state index in [1.165, 1.54) is 15.4 Å². The Hall–Kier alpha value is -2.80. The maximum Gasteiger partial charge on any atom is 0.191 e. The fourth-order valence-electron chi connectivity index (χ4n) is 3.33. The second-order valence-corrected chi connectivity index (χ2v) is 8.14. The van der Waals surface area contributed by atoms with Crippen molar-refractivity contribution in [3.8, 4) is 0 Å². The molecule has 0 saturated carbocycles. The summed E-state index contributed by atoms with van der Waals surface area (Å²) in [6.45, 7) is 4.39. The number of nitrogens with zero attached hydrogens (tertiary/aromatic N) is 4. The van der Waals surface area contributed by atoms with Crippen LogP contribution in [0.3, 0.4) is 0 Å². The highest BCUT2D eigenvalue weighted by Crippen LogP contribution is 2.27. The van der Waals surface area contributed by atoms with Crippen molar-refractivity contribution in [3.63, 3.8) is 0 Å². The van der Waals surface area contributed by atoms with Gasteiger partial charge in [-0.25, -0.2) is 14.7 Å². The molecule has 0 aliphatic carbocycles. The molecule has 6 nitrogen and oxygen atoms in total. The summed E-state index contributed by atoms with van der Waals surface area (Å²) in [5.74, 6) is 1.92. The summed E-state index contributed by atoms with van der Waals surface area (Å²) in [6.07, 6.45) is 3.61. The second kappa shape index (κ2) is 9.60. The number of fused-ring (bicyclic) bond motifs is 1. The minimum Gasteiger partial charge on any atom is -0.357 e. The Kier molecular flexibility index (Phi) is 6.46. The molecule has 1 aliphatic heterocycles. The molecule has 7 heteroatoms. The molecule has 0 amide bonds. The molecule has 150 valence electrons. The van der Waals surface area contributed by atoms with Crippen molar-refractivity contribution in [2.24, 2.45) is 4.99 Å². The van der Waals surface area contributed by atoms with Gasteiger partial charge in [-0.05, 0) is 43.2 Å². The smallest absolute Gasteiger partial charge is 0.191 e. The Morgan fingerprint density at radius 3 is 2.72 bits per heavy atom. The van der Waals surface area contributed by atoms with Gasteiger partial charge in [0, 0.05) is 28.8 Å². The third-order valence-corrected chi connectivity index (χ3v) is 5.83. The van der Waals surface area contributed by atoms with E-state index in [1.54, 1.807) is 18.1 Å². The van der Waals surface area contributed by atoms with Gasteiger partial charge in [0.25, 0.3) is 0 Å². The average molecular weight is 407 g/mol. The Morgan fingerprint density at radius 1 is 1.14 bits per heavy atom. The summed E-state index contributed by atoms with van der Waals surface area (Å²) < 4.78 is 1.98. The van der Waals surface area contributed by atoms with Crippen LogP contribution in [0, 0.1) is 0 Å². The van der Waals surface area contributed by atoms with E-state index in [9.17, 15) is 0 Å². The number of hydrogen-bond acceptors (Lipinski definition) is 4. The van der Waals surface area contributed by atoms with Crippen LogP contribution in [0.2, 0.25) is 0 Å². The summed E-state index contributed by atoms with van der Waals surface area (Å²) in [5, 5.41) is 11.2. The number of hydrogen-bond donors (Lipinski definition) is 2. The van der Waals surface area contributed by atoms with Crippen molar-refractivity contribution < 1.29 is 0 Å². The first-order valence-electron chi connectivity index (χ1n) is 10.0. The predicted molar refractivity (Wildman–Crippen MR) is 117 cm³/mol. The lowest BCUT2D eigenvalue weighted by Gasteiger charge is -2.25. The van der Waals surface area contributed by atoms with Gasteiger partial charge >= 0.3 is 0 Å². The van der Waals surface area contributed by atoms with Gasteiger partial charge in [-0.2, -0.15) is 5.10 Å². The monoisotopic (exact) mass is 406 g/mol. The lowest BCUT2D eigenvalue weighted by molar-refractivity contribution is 0.392. The zero-order valence-corrected chi connectivity index (χ0v) is 17.4. The van der Waals surface area contributed by atoms with Crippen LogP contribution >= 0.6 is 11.8 Å². The Morgan fingerprint density at radius 2 is 1.93 bits per heavy atom. The standard InChI is InChI=1S/C22H26N6S/c1-2-23-22(27-18-10-13-21-25-16-26-28(21)15-18)24-14-17-8-11-20(12-9-17)29-19-6-4-3-5-7-19/h3-9,11-12,16,18H,2,10,13-15H2,1H3,(H2,23,24,27). The number of rotatable bonds is 6. The molecule has 3 aromatic rings. The molecule has 1 aliphatic rings. The Bertz CT molecular complexity index is 935. The zero-order valence-electron chi connectivity index (χ0n) is 16.6. The SMILES string of the molecule is CCNC(=NCc1ccc(Sc2ccccc2)cc1)NC1CCc2ncnn2C1. The van der Waals surface area contributed by atoms with E-state index in [0.717, 1.165) is 37.7 Å². The zero-order chi connectivity index (χ0) is 19.9. The Balaban J connectivity index is 1.35. The molecule has 1 atom stereocenters. The van der Waals surface area contributed by atoms with Gasteiger partial charge in [0.2, 0.25) is 0 Å². The summed E-state index contributed by atoms with van der Waals surface area (Å²) in [4.78, 5) is 11.6. The van der Waals surface area contributed by atoms with Crippen molar-refractivity contribution in [1.29, 1.82) is 0 Å². The molecule has 0 bridgehead atoms. The molecule has 0 spiro atoms. The van der Waals surface area contributed by atoms with Crippen molar-refractivity contribution in [2.45, 2.75) is 48.7 Å². The fourth-order valence-corrected chi connectivity index (χ4v) is 4.16. The van der Waals surface area contributed by atoms with Crippen LogP contribution in [-0.4, -0.2) is 33.3 Å². The third kappa shape index (κ3) is 5.38. The molecular formula is C22H26N6S. The van der Waals surface area contributed by atoms with Gasteiger partial charge in [-0.1, -0.05) is 42.1 Å². The largest absolute Gasteiger partial charge is 0.357 e.